The van der Waals surface area contributed by atoms with E-state index in [-0.39, 0.29) is 0 Å². The van der Waals surface area contributed by atoms with Crippen molar-refractivity contribution in [1.29, 1.82) is 0 Å². The van der Waals surface area contributed by atoms with Crippen molar-refractivity contribution in [2.75, 3.05) is 0 Å². The normalized spacial score (nSPS) is 10.0. The van der Waals surface area contributed by atoms with Gasteiger partial charge in [0.1, 0.15) is 0 Å². The summed E-state index contributed by atoms with van der Waals surface area (Å²) in [5.41, 5.74) is 0.573. The van der Waals surface area contributed by atoms with Gasteiger partial charge in [-0.2, -0.15) is 0 Å². The van der Waals surface area contributed by atoms with Gasteiger partial charge in [0, 0.05) is 4.70 Å². The second-order valence-electron chi connectivity index (χ2n) is 2.72. The van der Waals surface area contributed by atoms with Crippen LogP contribution in [0.15, 0.2) is 24.3 Å². The Morgan fingerprint density at radius 2 is 2.21 bits per heavy atom. The number of carbonyl (C=O) groups excluding carboxylic acids is 1. The van der Waals surface area contributed by atoms with Crippen LogP contribution >= 0.6 is 22.9 Å². The molecular formula is C10H4ClNOS. The van der Waals surface area contributed by atoms with E-state index in [9.17, 15) is 4.79 Å². The Balaban J connectivity index is 2.67. The molecule has 0 aliphatic heterocycles. The highest BCUT2D eigenvalue weighted by Gasteiger charge is 2.07. The molecule has 0 unspecified atom stereocenters. The van der Waals surface area contributed by atoms with E-state index in [0.717, 1.165) is 10.1 Å². The second-order valence-corrected chi connectivity index (χ2v) is 4.15. The van der Waals surface area contributed by atoms with Gasteiger partial charge in [-0.25, -0.2) is 4.85 Å². The van der Waals surface area contributed by atoms with E-state index in [1.165, 1.54) is 11.3 Å². The molecule has 0 N–H and O–H groups in total. The molecule has 0 saturated heterocycles. The molecule has 0 amide bonds. The number of halogens is 1. The Morgan fingerprint density at radius 1 is 1.43 bits per heavy atom. The van der Waals surface area contributed by atoms with E-state index in [0.29, 0.717) is 10.6 Å². The van der Waals surface area contributed by atoms with Gasteiger partial charge in [-0.05, 0) is 29.1 Å². The van der Waals surface area contributed by atoms with Gasteiger partial charge >= 0.3 is 0 Å². The van der Waals surface area contributed by atoms with Crippen LogP contribution in [0.3, 0.4) is 0 Å². The molecule has 68 valence electrons. The van der Waals surface area contributed by atoms with Crippen LogP contribution in [0.2, 0.25) is 0 Å². The van der Waals surface area contributed by atoms with E-state index in [1.807, 2.05) is 6.07 Å². The van der Waals surface area contributed by atoms with Crippen LogP contribution < -0.4 is 0 Å². The fraction of sp³-hybridized carbons (Fsp3) is 0. The maximum absolute atomic E-state index is 10.9. The Hall–Kier alpha value is -1.37. The summed E-state index contributed by atoms with van der Waals surface area (Å²) in [6, 6.07) is 7.02. The molecule has 1 aromatic carbocycles. The minimum absolute atomic E-state index is 0.449. The first-order valence-corrected chi connectivity index (χ1v) is 5.01. The first-order valence-electron chi connectivity index (χ1n) is 3.81. The lowest BCUT2D eigenvalue weighted by molar-refractivity contribution is 0.108. The minimum atomic E-state index is -0.449. The molecule has 0 aliphatic carbocycles. The molecule has 1 heterocycles. The summed E-state index contributed by atoms with van der Waals surface area (Å²) in [6.45, 7) is 6.85. The summed E-state index contributed by atoms with van der Waals surface area (Å²) in [6.07, 6.45) is 0. The van der Waals surface area contributed by atoms with Crippen molar-refractivity contribution in [3.05, 3.63) is 40.6 Å². The standard InChI is InChI=1S/C10H4ClNOS/c1-12-7-2-3-8-6(4-7)5-9(14-8)10(11)13/h2-5H. The quantitative estimate of drug-likeness (QED) is 0.530. The number of rotatable bonds is 1. The fourth-order valence-electron chi connectivity index (χ4n) is 1.20. The summed E-state index contributed by atoms with van der Waals surface area (Å²) < 4.78 is 0.974. The smallest absolute Gasteiger partial charge is 0.262 e. The molecule has 0 spiro atoms. The minimum Gasteiger partial charge on any atom is -0.275 e. The molecule has 2 rings (SSSR count). The van der Waals surface area contributed by atoms with Crippen LogP contribution in [0.5, 0.6) is 0 Å². The molecule has 0 bridgehead atoms. The molecule has 14 heavy (non-hydrogen) atoms. The highest BCUT2D eigenvalue weighted by atomic mass is 35.5. The van der Waals surface area contributed by atoms with Crippen molar-refractivity contribution in [3.63, 3.8) is 0 Å². The van der Waals surface area contributed by atoms with Gasteiger partial charge in [0.25, 0.3) is 5.24 Å². The number of benzene rings is 1. The van der Waals surface area contributed by atoms with Gasteiger partial charge in [0.2, 0.25) is 0 Å². The number of carbonyl (C=O) groups is 1. The Morgan fingerprint density at radius 3 is 2.86 bits per heavy atom. The van der Waals surface area contributed by atoms with Crippen molar-refractivity contribution >= 4 is 44.0 Å². The van der Waals surface area contributed by atoms with Crippen molar-refractivity contribution in [2.45, 2.75) is 0 Å². The first kappa shape index (κ1) is 9.20. The van der Waals surface area contributed by atoms with Gasteiger partial charge in [-0.1, -0.05) is 12.1 Å². The highest BCUT2D eigenvalue weighted by Crippen LogP contribution is 2.29. The van der Waals surface area contributed by atoms with E-state index in [1.54, 1.807) is 18.2 Å². The molecule has 0 saturated carbocycles. The molecule has 2 nitrogen and oxygen atoms in total. The van der Waals surface area contributed by atoms with Crippen molar-refractivity contribution in [2.24, 2.45) is 0 Å². The molecular weight excluding hydrogens is 218 g/mol. The van der Waals surface area contributed by atoms with Gasteiger partial charge < -0.3 is 0 Å². The zero-order chi connectivity index (χ0) is 10.1. The van der Waals surface area contributed by atoms with E-state index in [2.05, 4.69) is 4.85 Å². The van der Waals surface area contributed by atoms with Crippen LogP contribution in [-0.2, 0) is 0 Å². The Bertz CT molecular complexity index is 553. The molecule has 1 aromatic heterocycles. The summed E-state index contributed by atoms with van der Waals surface area (Å²) >= 11 is 6.70. The van der Waals surface area contributed by atoms with Crippen molar-refractivity contribution < 1.29 is 4.79 Å². The lowest BCUT2D eigenvalue weighted by Gasteiger charge is -1.88. The monoisotopic (exact) mass is 221 g/mol. The van der Waals surface area contributed by atoms with Crippen molar-refractivity contribution in [1.82, 2.24) is 0 Å². The second kappa shape index (κ2) is 3.41. The molecule has 0 fully saturated rings. The van der Waals surface area contributed by atoms with E-state index in [4.69, 9.17) is 18.2 Å². The Kier molecular flexibility index (Phi) is 2.24. The van der Waals surface area contributed by atoms with Crippen LogP contribution in [-0.4, -0.2) is 5.24 Å². The lowest BCUT2D eigenvalue weighted by Crippen LogP contribution is -1.78. The first-order chi connectivity index (χ1) is 6.70. The zero-order valence-electron chi connectivity index (χ0n) is 6.95. The van der Waals surface area contributed by atoms with Crippen molar-refractivity contribution in [3.8, 4) is 0 Å². The number of fused-ring (bicyclic) bond motifs is 1. The third kappa shape index (κ3) is 1.50. The van der Waals surface area contributed by atoms with Gasteiger partial charge in [-0.3, -0.25) is 4.79 Å². The largest absolute Gasteiger partial charge is 0.275 e. The molecule has 0 atom stereocenters. The third-order valence-corrected chi connectivity index (χ3v) is 3.25. The van der Waals surface area contributed by atoms with Gasteiger partial charge in [0.15, 0.2) is 5.69 Å². The predicted octanol–water partition coefficient (Wildman–Crippen LogP) is 3.83. The van der Waals surface area contributed by atoms with Gasteiger partial charge in [-0.15, -0.1) is 11.3 Å². The number of hydrogen-bond acceptors (Lipinski definition) is 2. The van der Waals surface area contributed by atoms with E-state index >= 15 is 0 Å². The fourth-order valence-corrected chi connectivity index (χ4v) is 2.24. The highest BCUT2D eigenvalue weighted by molar-refractivity contribution is 7.22. The number of thiophene rings is 1. The van der Waals surface area contributed by atoms with Crippen LogP contribution in [0.25, 0.3) is 14.9 Å². The predicted molar refractivity (Wildman–Crippen MR) is 58.3 cm³/mol. The van der Waals surface area contributed by atoms with Crippen LogP contribution in [0, 0.1) is 6.57 Å². The van der Waals surface area contributed by atoms with Gasteiger partial charge in [0.05, 0.1) is 11.4 Å². The van der Waals surface area contributed by atoms with Crippen LogP contribution in [0.4, 0.5) is 5.69 Å². The lowest BCUT2D eigenvalue weighted by atomic mass is 10.2. The Labute approximate surface area is 89.6 Å². The van der Waals surface area contributed by atoms with E-state index < -0.39 is 5.24 Å². The molecule has 4 heteroatoms. The topological polar surface area (TPSA) is 21.4 Å². The zero-order valence-corrected chi connectivity index (χ0v) is 8.52. The number of nitrogens with zero attached hydrogens (tertiary/aromatic N) is 1. The average Bonchev–Trinajstić information content (AvgIpc) is 2.59. The maximum atomic E-state index is 10.9. The third-order valence-electron chi connectivity index (χ3n) is 1.82. The molecule has 0 radical (unpaired) electrons. The average molecular weight is 222 g/mol. The summed E-state index contributed by atoms with van der Waals surface area (Å²) in [5.74, 6) is 0. The summed E-state index contributed by atoms with van der Waals surface area (Å²) in [7, 11) is 0. The molecule has 2 aromatic rings. The summed E-state index contributed by atoms with van der Waals surface area (Å²) in [5, 5.41) is 0.447. The summed E-state index contributed by atoms with van der Waals surface area (Å²) in [4.78, 5) is 14.7. The molecule has 0 aliphatic rings. The SMILES string of the molecule is [C-]#[N+]c1ccc2sc(C(=O)Cl)cc2c1. The van der Waals surface area contributed by atoms with Crippen LogP contribution in [0.1, 0.15) is 9.67 Å². The number of hydrogen-bond donors (Lipinski definition) is 0. The maximum Gasteiger partial charge on any atom is 0.262 e.